The molecule has 0 saturated carbocycles. The van der Waals surface area contributed by atoms with Crippen LogP contribution in [0.3, 0.4) is 0 Å². The van der Waals surface area contributed by atoms with E-state index < -0.39 is 0 Å². The Morgan fingerprint density at radius 1 is 1.10 bits per heavy atom. The van der Waals surface area contributed by atoms with Crippen LogP contribution in [-0.4, -0.2) is 55.0 Å². The zero-order valence-corrected chi connectivity index (χ0v) is 18.2. The first-order valence-corrected chi connectivity index (χ1v) is 10.5. The molecule has 1 fully saturated rings. The van der Waals surface area contributed by atoms with Crippen molar-refractivity contribution < 1.29 is 9.53 Å². The predicted octanol–water partition coefficient (Wildman–Crippen LogP) is 3.80. The fraction of sp³-hybridized carbons (Fsp3) is 0.435. The lowest BCUT2D eigenvalue weighted by Crippen LogP contribution is -2.43. The second-order valence-corrected chi connectivity index (χ2v) is 8.33. The molecule has 1 N–H and O–H groups in total. The van der Waals surface area contributed by atoms with Gasteiger partial charge in [0.15, 0.2) is 0 Å². The van der Waals surface area contributed by atoms with Gasteiger partial charge in [0.05, 0.1) is 11.7 Å². The van der Waals surface area contributed by atoms with Crippen LogP contribution in [0.2, 0.25) is 5.02 Å². The number of carbonyl (C=O) groups is 1. The standard InChI is InChI=1S/C23H30ClN3O2/c1-17(2)29-22-8-7-20(24)14-21(22)23(28)25-15-18-5-4-6-19(13-18)16-27-11-9-26(3)10-12-27/h4-8,13-14,17H,9-12,15-16H2,1-3H3,(H,25,28). The van der Waals surface area contributed by atoms with Crippen molar-refractivity contribution in [3.8, 4) is 5.75 Å². The second kappa shape index (κ2) is 10.1. The highest BCUT2D eigenvalue weighted by Gasteiger charge is 2.16. The maximum atomic E-state index is 12.7. The molecule has 0 radical (unpaired) electrons. The summed E-state index contributed by atoms with van der Waals surface area (Å²) >= 11 is 6.09. The largest absolute Gasteiger partial charge is 0.490 e. The van der Waals surface area contributed by atoms with Crippen molar-refractivity contribution in [3.05, 3.63) is 64.2 Å². The van der Waals surface area contributed by atoms with Crippen LogP contribution in [0.5, 0.6) is 5.75 Å². The van der Waals surface area contributed by atoms with E-state index in [0.717, 1.165) is 38.3 Å². The molecule has 0 atom stereocenters. The number of amides is 1. The quantitative estimate of drug-likeness (QED) is 0.747. The van der Waals surface area contributed by atoms with E-state index in [9.17, 15) is 4.79 Å². The molecule has 3 rings (SSSR count). The number of likely N-dealkylation sites (N-methyl/N-ethyl adjacent to an activating group) is 1. The Bertz CT molecular complexity index is 833. The molecule has 0 unspecified atom stereocenters. The SMILES string of the molecule is CC(C)Oc1ccc(Cl)cc1C(=O)NCc1cccc(CN2CCN(C)CC2)c1. The molecule has 0 aliphatic carbocycles. The number of ether oxygens (including phenoxy) is 1. The van der Waals surface area contributed by atoms with E-state index in [4.69, 9.17) is 16.3 Å². The van der Waals surface area contributed by atoms with Crippen LogP contribution < -0.4 is 10.1 Å². The lowest BCUT2D eigenvalue weighted by molar-refractivity contribution is 0.0945. The molecule has 1 amide bonds. The Balaban J connectivity index is 1.61. The Kier molecular flexibility index (Phi) is 7.53. The molecule has 29 heavy (non-hydrogen) atoms. The summed E-state index contributed by atoms with van der Waals surface area (Å²) in [5.74, 6) is 0.360. The number of hydrogen-bond acceptors (Lipinski definition) is 4. The number of piperazine rings is 1. The summed E-state index contributed by atoms with van der Waals surface area (Å²) in [6, 6.07) is 13.5. The summed E-state index contributed by atoms with van der Waals surface area (Å²) in [5, 5.41) is 3.51. The number of nitrogens with zero attached hydrogens (tertiary/aromatic N) is 2. The van der Waals surface area contributed by atoms with E-state index in [1.54, 1.807) is 18.2 Å². The average molecular weight is 416 g/mol. The molecule has 1 saturated heterocycles. The zero-order valence-electron chi connectivity index (χ0n) is 17.5. The predicted molar refractivity (Wildman–Crippen MR) is 118 cm³/mol. The van der Waals surface area contributed by atoms with Crippen LogP contribution >= 0.6 is 11.6 Å². The number of rotatable bonds is 7. The zero-order chi connectivity index (χ0) is 20.8. The van der Waals surface area contributed by atoms with Crippen molar-refractivity contribution in [1.82, 2.24) is 15.1 Å². The van der Waals surface area contributed by atoms with Gasteiger partial charge in [-0.2, -0.15) is 0 Å². The number of halogens is 1. The van der Waals surface area contributed by atoms with Crippen molar-refractivity contribution in [2.45, 2.75) is 33.0 Å². The number of benzene rings is 2. The number of nitrogens with one attached hydrogen (secondary N) is 1. The van der Waals surface area contributed by atoms with Gasteiger partial charge < -0.3 is 15.0 Å². The van der Waals surface area contributed by atoms with Crippen molar-refractivity contribution in [1.29, 1.82) is 0 Å². The van der Waals surface area contributed by atoms with Gasteiger partial charge in [0.25, 0.3) is 5.91 Å². The summed E-state index contributed by atoms with van der Waals surface area (Å²) in [5.41, 5.74) is 2.81. The molecule has 1 heterocycles. The monoisotopic (exact) mass is 415 g/mol. The maximum absolute atomic E-state index is 12.7. The third-order valence-electron chi connectivity index (χ3n) is 5.00. The molecular formula is C23H30ClN3O2. The van der Waals surface area contributed by atoms with E-state index in [1.807, 2.05) is 19.9 Å². The van der Waals surface area contributed by atoms with Crippen LogP contribution in [0.25, 0.3) is 0 Å². The van der Waals surface area contributed by atoms with Crippen LogP contribution in [-0.2, 0) is 13.1 Å². The summed E-state index contributed by atoms with van der Waals surface area (Å²) < 4.78 is 5.76. The molecule has 1 aliphatic rings. The van der Waals surface area contributed by atoms with Gasteiger partial charge in [-0.3, -0.25) is 9.69 Å². The molecule has 1 aliphatic heterocycles. The molecule has 0 aromatic heterocycles. The first kappa shape index (κ1) is 21.6. The van der Waals surface area contributed by atoms with Crippen LogP contribution in [0, 0.1) is 0 Å². The highest BCUT2D eigenvalue weighted by Crippen LogP contribution is 2.24. The molecule has 0 bridgehead atoms. The topological polar surface area (TPSA) is 44.8 Å². The summed E-state index contributed by atoms with van der Waals surface area (Å²) in [6.45, 7) is 9.66. The van der Waals surface area contributed by atoms with E-state index in [2.05, 4.69) is 40.4 Å². The number of carbonyl (C=O) groups excluding carboxylic acids is 1. The summed E-state index contributed by atoms with van der Waals surface area (Å²) in [4.78, 5) is 17.6. The van der Waals surface area contributed by atoms with Crippen LogP contribution in [0.1, 0.15) is 35.3 Å². The molecular weight excluding hydrogens is 386 g/mol. The Morgan fingerprint density at radius 2 is 1.83 bits per heavy atom. The molecule has 6 heteroatoms. The molecule has 0 spiro atoms. The van der Waals surface area contributed by atoms with Gasteiger partial charge in [-0.25, -0.2) is 0 Å². The van der Waals surface area contributed by atoms with Crippen molar-refractivity contribution in [2.24, 2.45) is 0 Å². The molecule has 2 aromatic carbocycles. The fourth-order valence-electron chi connectivity index (χ4n) is 3.42. The summed E-state index contributed by atoms with van der Waals surface area (Å²) in [7, 11) is 2.16. The van der Waals surface area contributed by atoms with E-state index >= 15 is 0 Å². The van der Waals surface area contributed by atoms with Gasteiger partial charge in [-0.1, -0.05) is 35.9 Å². The van der Waals surface area contributed by atoms with Crippen molar-refractivity contribution >= 4 is 17.5 Å². The van der Waals surface area contributed by atoms with E-state index in [0.29, 0.717) is 22.9 Å². The molecule has 2 aromatic rings. The lowest BCUT2D eigenvalue weighted by Gasteiger charge is -2.32. The normalized spacial score (nSPS) is 15.5. The fourth-order valence-corrected chi connectivity index (χ4v) is 3.59. The third-order valence-corrected chi connectivity index (χ3v) is 5.23. The van der Waals surface area contributed by atoms with Gasteiger partial charge in [-0.05, 0) is 50.2 Å². The van der Waals surface area contributed by atoms with Gasteiger partial charge in [0.2, 0.25) is 0 Å². The highest BCUT2D eigenvalue weighted by atomic mass is 35.5. The first-order valence-electron chi connectivity index (χ1n) is 10.1. The Morgan fingerprint density at radius 3 is 2.55 bits per heavy atom. The summed E-state index contributed by atoms with van der Waals surface area (Å²) in [6.07, 6.45) is -0.0195. The molecule has 156 valence electrons. The number of hydrogen-bond donors (Lipinski definition) is 1. The van der Waals surface area contributed by atoms with Gasteiger partial charge in [-0.15, -0.1) is 0 Å². The van der Waals surface area contributed by atoms with Crippen LogP contribution in [0.15, 0.2) is 42.5 Å². The van der Waals surface area contributed by atoms with E-state index in [1.165, 1.54) is 5.56 Å². The first-order chi connectivity index (χ1) is 13.9. The van der Waals surface area contributed by atoms with E-state index in [-0.39, 0.29) is 12.0 Å². The minimum Gasteiger partial charge on any atom is -0.490 e. The van der Waals surface area contributed by atoms with Gasteiger partial charge in [0, 0.05) is 44.3 Å². The Hall–Kier alpha value is -2.08. The third kappa shape index (κ3) is 6.46. The van der Waals surface area contributed by atoms with Gasteiger partial charge in [0.1, 0.15) is 5.75 Å². The maximum Gasteiger partial charge on any atom is 0.255 e. The smallest absolute Gasteiger partial charge is 0.255 e. The minimum absolute atomic E-state index is 0.0195. The second-order valence-electron chi connectivity index (χ2n) is 7.89. The van der Waals surface area contributed by atoms with Crippen molar-refractivity contribution in [3.63, 3.8) is 0 Å². The lowest BCUT2D eigenvalue weighted by atomic mass is 10.1. The van der Waals surface area contributed by atoms with Crippen molar-refractivity contribution in [2.75, 3.05) is 33.2 Å². The highest BCUT2D eigenvalue weighted by molar-refractivity contribution is 6.31. The average Bonchev–Trinajstić information content (AvgIpc) is 2.69. The minimum atomic E-state index is -0.187. The van der Waals surface area contributed by atoms with Crippen LogP contribution in [0.4, 0.5) is 0 Å². The molecule has 5 nitrogen and oxygen atoms in total. The Labute approximate surface area is 178 Å². The van der Waals surface area contributed by atoms with Gasteiger partial charge >= 0.3 is 0 Å².